The molecule has 2 fully saturated rings. The van der Waals surface area contributed by atoms with Gasteiger partial charge in [-0.05, 0) is 32.7 Å². The number of thiazole rings is 1. The summed E-state index contributed by atoms with van der Waals surface area (Å²) < 4.78 is 0. The molecule has 1 aromatic rings. The first-order valence-corrected chi connectivity index (χ1v) is 8.82. The molecule has 112 valence electrons. The lowest BCUT2D eigenvalue weighted by atomic mass is 10.0. The van der Waals surface area contributed by atoms with Crippen LogP contribution < -0.4 is 0 Å². The molecule has 0 unspecified atom stereocenters. The highest BCUT2D eigenvalue weighted by Gasteiger charge is 2.32. The number of hydrogen-bond acceptors (Lipinski definition) is 4. The van der Waals surface area contributed by atoms with Gasteiger partial charge in [-0.25, -0.2) is 4.98 Å². The second kappa shape index (κ2) is 6.12. The van der Waals surface area contributed by atoms with Crippen LogP contribution in [0.1, 0.15) is 67.2 Å². The van der Waals surface area contributed by atoms with Crippen molar-refractivity contribution in [1.82, 2.24) is 9.88 Å². The number of likely N-dealkylation sites (N-methyl/N-ethyl adjacent to an activating group) is 1. The van der Waals surface area contributed by atoms with Crippen molar-refractivity contribution in [2.75, 3.05) is 13.6 Å². The van der Waals surface area contributed by atoms with Gasteiger partial charge in [-0.15, -0.1) is 11.3 Å². The normalized spacial score (nSPS) is 22.9. The van der Waals surface area contributed by atoms with Crippen molar-refractivity contribution in [2.24, 2.45) is 0 Å². The molecule has 1 N–H and O–H groups in total. The van der Waals surface area contributed by atoms with E-state index in [1.54, 1.807) is 0 Å². The van der Waals surface area contributed by atoms with Crippen LogP contribution in [0.3, 0.4) is 0 Å². The van der Waals surface area contributed by atoms with Gasteiger partial charge in [-0.1, -0.05) is 25.7 Å². The van der Waals surface area contributed by atoms with Gasteiger partial charge in [0.25, 0.3) is 0 Å². The van der Waals surface area contributed by atoms with Gasteiger partial charge >= 0.3 is 0 Å². The summed E-state index contributed by atoms with van der Waals surface area (Å²) >= 11 is 1.88. The van der Waals surface area contributed by atoms with Gasteiger partial charge in [0, 0.05) is 30.1 Å². The summed E-state index contributed by atoms with van der Waals surface area (Å²) in [5, 5.41) is 11.8. The van der Waals surface area contributed by atoms with Crippen LogP contribution in [-0.2, 0) is 6.54 Å². The lowest BCUT2D eigenvalue weighted by Crippen LogP contribution is -2.38. The van der Waals surface area contributed by atoms with E-state index in [2.05, 4.69) is 16.9 Å². The Hall–Kier alpha value is -0.450. The first-order valence-electron chi connectivity index (χ1n) is 8.00. The summed E-state index contributed by atoms with van der Waals surface area (Å²) in [5.41, 5.74) is -0.437. The van der Waals surface area contributed by atoms with Crippen LogP contribution in [-0.4, -0.2) is 34.2 Å². The number of hydrogen-bond donors (Lipinski definition) is 1. The molecule has 1 aromatic heterocycles. The molecule has 0 aromatic carbocycles. The molecule has 0 radical (unpaired) electrons. The maximum Gasteiger partial charge on any atom is 0.0959 e. The number of nitrogens with zero attached hydrogens (tertiary/aromatic N) is 2. The van der Waals surface area contributed by atoms with Gasteiger partial charge < -0.3 is 5.11 Å². The third-order valence-electron chi connectivity index (χ3n) is 4.80. The summed E-state index contributed by atoms with van der Waals surface area (Å²) in [7, 11) is 2.12. The molecule has 2 aliphatic carbocycles. The molecular formula is C16H26N2OS. The van der Waals surface area contributed by atoms with Gasteiger partial charge in [-0.2, -0.15) is 0 Å². The monoisotopic (exact) mass is 294 g/mol. The zero-order chi connectivity index (χ0) is 14.0. The fourth-order valence-electron chi connectivity index (χ4n) is 3.77. The minimum absolute atomic E-state index is 0.437. The quantitative estimate of drug-likeness (QED) is 0.902. The van der Waals surface area contributed by atoms with Gasteiger partial charge in [-0.3, -0.25) is 4.90 Å². The van der Waals surface area contributed by atoms with Crippen LogP contribution in [0.4, 0.5) is 0 Å². The molecule has 2 aliphatic rings. The van der Waals surface area contributed by atoms with E-state index in [-0.39, 0.29) is 0 Å². The first-order chi connectivity index (χ1) is 9.65. The largest absolute Gasteiger partial charge is 0.389 e. The summed E-state index contributed by atoms with van der Waals surface area (Å²) in [5.74, 6) is 0.720. The van der Waals surface area contributed by atoms with E-state index < -0.39 is 5.60 Å². The highest BCUT2D eigenvalue weighted by atomic mass is 32.1. The van der Waals surface area contributed by atoms with E-state index in [1.165, 1.54) is 48.4 Å². The van der Waals surface area contributed by atoms with Gasteiger partial charge in [0.2, 0.25) is 0 Å². The van der Waals surface area contributed by atoms with Crippen molar-refractivity contribution in [2.45, 2.75) is 69.4 Å². The minimum atomic E-state index is -0.437. The molecule has 3 rings (SSSR count). The van der Waals surface area contributed by atoms with Crippen LogP contribution in [0.25, 0.3) is 0 Å². The van der Waals surface area contributed by atoms with Crippen molar-refractivity contribution in [1.29, 1.82) is 0 Å². The van der Waals surface area contributed by atoms with E-state index in [4.69, 9.17) is 0 Å². The van der Waals surface area contributed by atoms with Crippen LogP contribution in [0.5, 0.6) is 0 Å². The Morgan fingerprint density at radius 1 is 1.30 bits per heavy atom. The topological polar surface area (TPSA) is 36.4 Å². The average molecular weight is 294 g/mol. The number of rotatable bonds is 5. The van der Waals surface area contributed by atoms with Crippen LogP contribution in [0, 0.1) is 0 Å². The Bertz CT molecular complexity index is 433. The van der Waals surface area contributed by atoms with Gasteiger partial charge in [0.05, 0.1) is 10.6 Å². The molecule has 0 amide bonds. The minimum Gasteiger partial charge on any atom is -0.389 e. The van der Waals surface area contributed by atoms with E-state index >= 15 is 0 Å². The van der Waals surface area contributed by atoms with E-state index in [1.807, 2.05) is 17.5 Å². The van der Waals surface area contributed by atoms with Crippen LogP contribution in [0.2, 0.25) is 0 Å². The molecule has 4 heteroatoms. The second-order valence-corrected chi connectivity index (χ2v) is 7.90. The van der Waals surface area contributed by atoms with Gasteiger partial charge in [0.1, 0.15) is 0 Å². The van der Waals surface area contributed by atoms with E-state index in [0.717, 1.165) is 31.8 Å². The summed E-state index contributed by atoms with van der Waals surface area (Å²) in [6, 6.07) is 0. The van der Waals surface area contributed by atoms with Gasteiger partial charge in [0.15, 0.2) is 0 Å². The third-order valence-corrected chi connectivity index (χ3v) is 5.94. The molecule has 0 aliphatic heterocycles. The van der Waals surface area contributed by atoms with E-state index in [9.17, 15) is 5.11 Å². The Morgan fingerprint density at radius 3 is 2.70 bits per heavy atom. The fraction of sp³-hybridized carbons (Fsp3) is 0.812. The molecular weight excluding hydrogens is 268 g/mol. The summed E-state index contributed by atoms with van der Waals surface area (Å²) in [4.78, 5) is 8.23. The van der Waals surface area contributed by atoms with Crippen molar-refractivity contribution in [3.8, 4) is 0 Å². The third kappa shape index (κ3) is 3.41. The number of aliphatic hydroxyl groups is 1. The van der Waals surface area contributed by atoms with Crippen LogP contribution in [0.15, 0.2) is 6.20 Å². The maximum atomic E-state index is 10.5. The Labute approximate surface area is 126 Å². The molecule has 0 atom stereocenters. The SMILES string of the molecule is CN(Cc1cnc(C2CCCC2)s1)CC1(O)CCCC1. The standard InChI is InChI=1S/C16H26N2OS/c1-18(12-16(19)8-4-5-9-16)11-14-10-17-15(20-14)13-6-2-3-7-13/h10,13,19H,2-9,11-12H2,1H3. The molecule has 0 spiro atoms. The molecule has 0 saturated heterocycles. The number of aromatic nitrogens is 1. The average Bonchev–Trinajstić information content (AvgIpc) is 3.08. The molecule has 20 heavy (non-hydrogen) atoms. The summed E-state index contributed by atoms with van der Waals surface area (Å²) in [6.07, 6.45) is 11.7. The van der Waals surface area contributed by atoms with Crippen LogP contribution >= 0.6 is 11.3 Å². The highest BCUT2D eigenvalue weighted by molar-refractivity contribution is 7.11. The maximum absolute atomic E-state index is 10.5. The predicted molar refractivity (Wildman–Crippen MR) is 83.1 cm³/mol. The Kier molecular flexibility index (Phi) is 4.43. The van der Waals surface area contributed by atoms with Crippen molar-refractivity contribution < 1.29 is 5.11 Å². The Morgan fingerprint density at radius 2 is 2.00 bits per heavy atom. The molecule has 1 heterocycles. The zero-order valence-electron chi connectivity index (χ0n) is 12.5. The summed E-state index contributed by atoms with van der Waals surface area (Å²) in [6.45, 7) is 1.72. The lowest BCUT2D eigenvalue weighted by molar-refractivity contribution is 0.0147. The second-order valence-electron chi connectivity index (χ2n) is 6.75. The molecule has 0 bridgehead atoms. The van der Waals surface area contributed by atoms with Crippen molar-refractivity contribution in [3.63, 3.8) is 0 Å². The zero-order valence-corrected chi connectivity index (χ0v) is 13.3. The predicted octanol–water partition coefficient (Wildman–Crippen LogP) is 3.54. The molecule has 3 nitrogen and oxygen atoms in total. The highest BCUT2D eigenvalue weighted by Crippen LogP contribution is 2.36. The molecule has 2 saturated carbocycles. The Balaban J connectivity index is 1.54. The smallest absolute Gasteiger partial charge is 0.0959 e. The van der Waals surface area contributed by atoms with E-state index in [0.29, 0.717) is 0 Å². The van der Waals surface area contributed by atoms with Crippen molar-refractivity contribution in [3.05, 3.63) is 16.1 Å². The van der Waals surface area contributed by atoms with Crippen molar-refractivity contribution >= 4 is 11.3 Å². The lowest BCUT2D eigenvalue weighted by Gasteiger charge is -2.28. The first kappa shape index (κ1) is 14.5. The fourth-order valence-corrected chi connectivity index (χ4v) is 4.94.